The number of rotatable bonds is 11. The van der Waals surface area contributed by atoms with Crippen LogP contribution in [-0.2, 0) is 32.0 Å². The van der Waals surface area contributed by atoms with E-state index in [0.29, 0.717) is 18.0 Å². The Kier molecular flexibility index (Phi) is 8.06. The third-order valence-corrected chi connectivity index (χ3v) is 5.60. The van der Waals surface area contributed by atoms with Crippen molar-refractivity contribution in [2.75, 3.05) is 44.0 Å². The molecule has 0 saturated heterocycles. The molecule has 0 radical (unpaired) electrons. The Balaban J connectivity index is 1.71. The zero-order chi connectivity index (χ0) is 21.5. The normalized spacial score (nSPS) is 12.1. The Labute approximate surface area is 173 Å². The van der Waals surface area contributed by atoms with Gasteiger partial charge in [0.15, 0.2) is 9.84 Å². The third kappa shape index (κ3) is 9.78. The fraction of sp³-hybridized carbons (Fsp3) is 0.400. The van der Waals surface area contributed by atoms with Crippen molar-refractivity contribution in [1.29, 1.82) is 0 Å². The van der Waals surface area contributed by atoms with Crippen LogP contribution >= 0.6 is 0 Å². The third-order valence-electron chi connectivity index (χ3n) is 4.13. The predicted octanol–water partition coefficient (Wildman–Crippen LogP) is 2.16. The van der Waals surface area contributed by atoms with Crippen molar-refractivity contribution >= 4 is 25.5 Å². The van der Waals surface area contributed by atoms with Crippen molar-refractivity contribution < 1.29 is 21.6 Å². The van der Waals surface area contributed by atoms with Crippen molar-refractivity contribution in [2.24, 2.45) is 0 Å². The van der Waals surface area contributed by atoms with E-state index < -0.39 is 19.9 Å². The molecule has 2 aromatic rings. The number of benzene rings is 2. The van der Waals surface area contributed by atoms with E-state index in [0.717, 1.165) is 36.9 Å². The molecule has 0 unspecified atom stereocenters. The van der Waals surface area contributed by atoms with Crippen LogP contribution in [0.2, 0.25) is 0 Å². The maximum atomic E-state index is 11.3. The molecule has 2 rings (SSSR count). The first-order valence-electron chi connectivity index (χ1n) is 9.15. The molecule has 0 heterocycles. The van der Waals surface area contributed by atoms with E-state index in [1.54, 1.807) is 24.3 Å². The number of anilines is 1. The summed E-state index contributed by atoms with van der Waals surface area (Å²) in [5, 5.41) is 0. The van der Waals surface area contributed by atoms with Crippen molar-refractivity contribution in [3.8, 4) is 5.75 Å². The van der Waals surface area contributed by atoms with Crippen LogP contribution in [0.4, 0.5) is 5.69 Å². The summed E-state index contributed by atoms with van der Waals surface area (Å²) in [5.74, 6) is 0.745. The molecule has 29 heavy (non-hydrogen) atoms. The molecule has 0 spiro atoms. The SMILES string of the molecule is CN(CCOc1ccc(NS(C)(=O)=O)cc1)CCc1ccc(CS(C)(=O)=O)cc1. The van der Waals surface area contributed by atoms with E-state index >= 15 is 0 Å². The van der Waals surface area contributed by atoms with E-state index in [4.69, 9.17) is 4.74 Å². The maximum Gasteiger partial charge on any atom is 0.229 e. The van der Waals surface area contributed by atoms with Crippen LogP contribution < -0.4 is 9.46 Å². The molecule has 0 saturated carbocycles. The number of sulfone groups is 1. The fourth-order valence-corrected chi connectivity index (χ4v) is 4.05. The van der Waals surface area contributed by atoms with Crippen LogP contribution in [-0.4, -0.2) is 61.0 Å². The van der Waals surface area contributed by atoms with Gasteiger partial charge in [-0.3, -0.25) is 4.72 Å². The topological polar surface area (TPSA) is 92.8 Å². The highest BCUT2D eigenvalue weighted by Crippen LogP contribution is 2.16. The highest BCUT2D eigenvalue weighted by molar-refractivity contribution is 7.92. The van der Waals surface area contributed by atoms with Gasteiger partial charge in [0, 0.05) is 25.0 Å². The number of nitrogens with zero attached hydrogens (tertiary/aromatic N) is 1. The van der Waals surface area contributed by atoms with Gasteiger partial charge in [-0.05, 0) is 48.9 Å². The van der Waals surface area contributed by atoms with E-state index in [-0.39, 0.29) is 5.75 Å². The maximum absolute atomic E-state index is 11.3. The molecule has 160 valence electrons. The van der Waals surface area contributed by atoms with Crippen LogP contribution in [0.15, 0.2) is 48.5 Å². The van der Waals surface area contributed by atoms with Gasteiger partial charge in [0.1, 0.15) is 12.4 Å². The van der Waals surface area contributed by atoms with Crippen molar-refractivity contribution in [1.82, 2.24) is 4.90 Å². The zero-order valence-corrected chi connectivity index (χ0v) is 18.6. The molecule has 0 atom stereocenters. The molecule has 0 aliphatic carbocycles. The van der Waals surface area contributed by atoms with Crippen molar-refractivity contribution in [3.63, 3.8) is 0 Å². The van der Waals surface area contributed by atoms with Crippen LogP contribution in [0.3, 0.4) is 0 Å². The highest BCUT2D eigenvalue weighted by Gasteiger charge is 2.06. The van der Waals surface area contributed by atoms with Crippen molar-refractivity contribution in [2.45, 2.75) is 12.2 Å². The first kappa shape index (κ1) is 23.2. The van der Waals surface area contributed by atoms with Gasteiger partial charge in [0.2, 0.25) is 10.0 Å². The quantitative estimate of drug-likeness (QED) is 0.576. The second-order valence-electron chi connectivity index (χ2n) is 7.19. The molecule has 2 aromatic carbocycles. The Morgan fingerprint density at radius 2 is 1.45 bits per heavy atom. The summed E-state index contributed by atoms with van der Waals surface area (Å²) in [4.78, 5) is 2.16. The lowest BCUT2D eigenvalue weighted by Gasteiger charge is -2.17. The predicted molar refractivity (Wildman–Crippen MR) is 117 cm³/mol. The van der Waals surface area contributed by atoms with Crippen LogP contribution in [0.5, 0.6) is 5.75 Å². The largest absolute Gasteiger partial charge is 0.492 e. The molecule has 9 heteroatoms. The lowest BCUT2D eigenvalue weighted by Crippen LogP contribution is -2.26. The average Bonchev–Trinajstić information content (AvgIpc) is 2.60. The number of hydrogen-bond donors (Lipinski definition) is 1. The minimum Gasteiger partial charge on any atom is -0.492 e. The lowest BCUT2D eigenvalue weighted by atomic mass is 10.1. The summed E-state index contributed by atoms with van der Waals surface area (Å²) >= 11 is 0. The van der Waals surface area contributed by atoms with E-state index in [2.05, 4.69) is 9.62 Å². The summed E-state index contributed by atoms with van der Waals surface area (Å²) in [5.41, 5.74) is 2.46. The first-order chi connectivity index (χ1) is 13.5. The van der Waals surface area contributed by atoms with Gasteiger partial charge in [-0.1, -0.05) is 24.3 Å². The standard InChI is InChI=1S/C20H28N2O5S2/c1-22(13-12-17-4-6-18(7-5-17)16-28(2,23)24)14-15-27-20-10-8-19(9-11-20)21-29(3,25)26/h4-11,21H,12-16H2,1-3H3. The number of nitrogens with one attached hydrogen (secondary N) is 1. The average molecular weight is 441 g/mol. The lowest BCUT2D eigenvalue weighted by molar-refractivity contribution is 0.239. The van der Waals surface area contributed by atoms with E-state index in [1.165, 1.54) is 6.26 Å². The second kappa shape index (κ2) is 10.1. The summed E-state index contributed by atoms with van der Waals surface area (Å²) in [6, 6.07) is 14.4. The molecule has 0 aliphatic rings. The number of ether oxygens (including phenoxy) is 1. The molecule has 1 N–H and O–H groups in total. The van der Waals surface area contributed by atoms with Crippen LogP contribution in [0, 0.1) is 0 Å². The highest BCUT2D eigenvalue weighted by atomic mass is 32.2. The van der Waals surface area contributed by atoms with E-state index in [1.807, 2.05) is 31.3 Å². The number of sulfonamides is 1. The molecule has 0 amide bonds. The Morgan fingerprint density at radius 3 is 2.00 bits per heavy atom. The van der Waals surface area contributed by atoms with Gasteiger partial charge < -0.3 is 9.64 Å². The van der Waals surface area contributed by atoms with Gasteiger partial charge in [0.25, 0.3) is 0 Å². The van der Waals surface area contributed by atoms with Crippen LogP contribution in [0.25, 0.3) is 0 Å². The van der Waals surface area contributed by atoms with Crippen molar-refractivity contribution in [3.05, 3.63) is 59.7 Å². The van der Waals surface area contributed by atoms with Gasteiger partial charge in [0.05, 0.1) is 12.0 Å². The van der Waals surface area contributed by atoms with Crippen LogP contribution in [0.1, 0.15) is 11.1 Å². The van der Waals surface area contributed by atoms with Gasteiger partial charge in [-0.2, -0.15) is 0 Å². The minimum absolute atomic E-state index is 0.0653. The number of hydrogen-bond acceptors (Lipinski definition) is 6. The van der Waals surface area contributed by atoms with Gasteiger partial charge >= 0.3 is 0 Å². The molecule has 0 aliphatic heterocycles. The zero-order valence-electron chi connectivity index (χ0n) is 17.0. The molecular weight excluding hydrogens is 412 g/mol. The molecule has 7 nitrogen and oxygen atoms in total. The second-order valence-corrected chi connectivity index (χ2v) is 11.1. The summed E-state index contributed by atoms with van der Waals surface area (Å²) in [6.07, 6.45) is 3.21. The van der Waals surface area contributed by atoms with Gasteiger partial charge in [-0.25, -0.2) is 16.8 Å². The van der Waals surface area contributed by atoms with E-state index in [9.17, 15) is 16.8 Å². The molecule has 0 bridgehead atoms. The Morgan fingerprint density at radius 1 is 0.862 bits per heavy atom. The summed E-state index contributed by atoms with van der Waals surface area (Å²) in [6.45, 7) is 2.12. The molecule has 0 fully saturated rings. The smallest absolute Gasteiger partial charge is 0.229 e. The summed E-state index contributed by atoms with van der Waals surface area (Å²) in [7, 11) is -4.28. The fourth-order valence-electron chi connectivity index (χ4n) is 2.69. The first-order valence-corrected chi connectivity index (χ1v) is 13.1. The summed E-state index contributed by atoms with van der Waals surface area (Å²) < 4.78 is 53.2. The Hall–Kier alpha value is -2.10. The van der Waals surface area contributed by atoms with Gasteiger partial charge in [-0.15, -0.1) is 0 Å². The molecule has 0 aromatic heterocycles. The number of likely N-dealkylation sites (N-methyl/N-ethyl adjacent to an activating group) is 1. The molecular formula is C20H28N2O5S2. The Bertz CT molecular complexity index is 986. The monoisotopic (exact) mass is 440 g/mol. The minimum atomic E-state index is -3.28.